The van der Waals surface area contributed by atoms with Gasteiger partial charge in [0, 0.05) is 25.0 Å². The Hall–Kier alpha value is -3.41. The van der Waals surface area contributed by atoms with Crippen LogP contribution in [0.25, 0.3) is 16.7 Å². The number of hydrogen-bond donors (Lipinski definition) is 0. The molecule has 6 nitrogen and oxygen atoms in total. The predicted molar refractivity (Wildman–Crippen MR) is 109 cm³/mol. The van der Waals surface area contributed by atoms with Crippen LogP contribution < -0.4 is 10.5 Å². The van der Waals surface area contributed by atoms with Crippen molar-refractivity contribution < 1.29 is 4.79 Å². The maximum absolute atomic E-state index is 13.4. The average Bonchev–Trinajstić information content (AvgIpc) is 3.19. The quantitative estimate of drug-likeness (QED) is 0.516. The highest BCUT2D eigenvalue weighted by atomic mass is 16.2. The summed E-state index contributed by atoms with van der Waals surface area (Å²) < 4.78 is 3.27. The largest absolute Gasteiger partial charge is 0.324 e. The Morgan fingerprint density at radius 2 is 1.96 bits per heavy atom. The number of para-hydroxylation sites is 1. The van der Waals surface area contributed by atoms with Crippen molar-refractivity contribution in [2.24, 2.45) is 7.05 Å². The number of anilines is 1. The van der Waals surface area contributed by atoms with E-state index in [0.717, 1.165) is 17.7 Å². The van der Waals surface area contributed by atoms with Gasteiger partial charge in [0.05, 0.1) is 5.39 Å². The highest BCUT2D eigenvalue weighted by Crippen LogP contribution is 2.33. The normalized spacial score (nSPS) is 16.1. The van der Waals surface area contributed by atoms with Gasteiger partial charge in [0.1, 0.15) is 17.0 Å². The summed E-state index contributed by atoms with van der Waals surface area (Å²) in [5.41, 5.74) is 4.49. The summed E-state index contributed by atoms with van der Waals surface area (Å²) in [5.74, 6) is -0.109. The first-order valence-electron chi connectivity index (χ1n) is 9.35. The third-order valence-corrected chi connectivity index (χ3v) is 5.59. The molecule has 5 rings (SSSR count). The molecule has 1 aliphatic rings. The Bertz CT molecular complexity index is 1330. The van der Waals surface area contributed by atoms with Crippen molar-refractivity contribution in [3.8, 4) is 0 Å². The van der Waals surface area contributed by atoms with Crippen LogP contribution in [0.2, 0.25) is 0 Å². The average molecular weight is 372 g/mol. The molecule has 0 radical (unpaired) electrons. The Labute approximate surface area is 161 Å². The zero-order valence-electron chi connectivity index (χ0n) is 16.0. The van der Waals surface area contributed by atoms with E-state index in [1.807, 2.05) is 49.1 Å². The molecule has 6 heteroatoms. The second-order valence-electron chi connectivity index (χ2n) is 7.53. The van der Waals surface area contributed by atoms with Crippen LogP contribution in [-0.2, 0) is 13.5 Å². The van der Waals surface area contributed by atoms with Gasteiger partial charge in [-0.2, -0.15) is 0 Å². The lowest BCUT2D eigenvalue weighted by atomic mass is 10.1. The van der Waals surface area contributed by atoms with E-state index in [0.29, 0.717) is 22.4 Å². The molecule has 140 valence electrons. The number of pyridine rings is 1. The summed E-state index contributed by atoms with van der Waals surface area (Å²) in [5, 5.41) is 0.453. The van der Waals surface area contributed by atoms with Crippen LogP contribution in [0.4, 0.5) is 5.69 Å². The number of amides is 1. The fourth-order valence-electron chi connectivity index (χ4n) is 4.18. The number of rotatable bonds is 1. The van der Waals surface area contributed by atoms with Gasteiger partial charge < -0.3 is 9.47 Å². The molecular formula is C22H20N4O2. The molecule has 3 aromatic heterocycles. The van der Waals surface area contributed by atoms with Gasteiger partial charge in [0.25, 0.3) is 11.5 Å². The molecular weight excluding hydrogens is 352 g/mol. The number of aryl methyl sites for hydroxylation is 2. The van der Waals surface area contributed by atoms with Gasteiger partial charge in [-0.3, -0.25) is 14.0 Å². The Morgan fingerprint density at radius 3 is 2.79 bits per heavy atom. The molecule has 1 atom stereocenters. The highest BCUT2D eigenvalue weighted by molar-refractivity contribution is 6.09. The molecule has 1 amide bonds. The van der Waals surface area contributed by atoms with Crippen LogP contribution in [0.1, 0.15) is 28.5 Å². The molecule has 0 spiro atoms. The maximum atomic E-state index is 13.4. The molecule has 1 aromatic carbocycles. The fraction of sp³-hybridized carbons (Fsp3) is 0.227. The van der Waals surface area contributed by atoms with Gasteiger partial charge in [0.15, 0.2) is 0 Å². The molecule has 0 aliphatic carbocycles. The van der Waals surface area contributed by atoms with Crippen LogP contribution in [0.5, 0.6) is 0 Å². The lowest BCUT2D eigenvalue weighted by Gasteiger charge is -2.22. The van der Waals surface area contributed by atoms with Crippen LogP contribution in [0.3, 0.4) is 0 Å². The van der Waals surface area contributed by atoms with E-state index in [1.54, 1.807) is 28.3 Å². The van der Waals surface area contributed by atoms with Crippen molar-refractivity contribution in [3.05, 3.63) is 75.8 Å². The number of benzene rings is 1. The maximum Gasteiger partial charge on any atom is 0.275 e. The van der Waals surface area contributed by atoms with E-state index in [4.69, 9.17) is 0 Å². The first-order chi connectivity index (χ1) is 13.5. The second-order valence-corrected chi connectivity index (χ2v) is 7.53. The molecule has 0 fully saturated rings. The Morgan fingerprint density at radius 1 is 1.18 bits per heavy atom. The van der Waals surface area contributed by atoms with Crippen LogP contribution in [-0.4, -0.2) is 25.9 Å². The van der Waals surface area contributed by atoms with Crippen molar-refractivity contribution in [1.29, 1.82) is 0 Å². The van der Waals surface area contributed by atoms with Gasteiger partial charge in [-0.05, 0) is 49.6 Å². The Kier molecular flexibility index (Phi) is 3.46. The first kappa shape index (κ1) is 16.7. The first-order valence-corrected chi connectivity index (χ1v) is 9.35. The smallest absolute Gasteiger partial charge is 0.275 e. The van der Waals surface area contributed by atoms with E-state index in [9.17, 15) is 9.59 Å². The molecule has 4 heterocycles. The van der Waals surface area contributed by atoms with Crippen molar-refractivity contribution in [1.82, 2.24) is 14.0 Å². The lowest BCUT2D eigenvalue weighted by molar-refractivity contribution is 0.0974. The second kappa shape index (κ2) is 5.79. The van der Waals surface area contributed by atoms with Crippen molar-refractivity contribution >= 4 is 28.3 Å². The molecule has 4 aromatic rings. The van der Waals surface area contributed by atoms with E-state index >= 15 is 0 Å². The zero-order valence-corrected chi connectivity index (χ0v) is 16.0. The predicted octanol–water partition coefficient (Wildman–Crippen LogP) is 3.09. The van der Waals surface area contributed by atoms with Gasteiger partial charge >= 0.3 is 0 Å². The molecule has 1 aliphatic heterocycles. The van der Waals surface area contributed by atoms with Crippen LogP contribution in [0.15, 0.2) is 53.5 Å². The fourth-order valence-corrected chi connectivity index (χ4v) is 4.18. The van der Waals surface area contributed by atoms with Crippen molar-refractivity contribution in [2.75, 3.05) is 4.90 Å². The summed E-state index contributed by atoms with van der Waals surface area (Å²) in [4.78, 5) is 32.9. The molecule has 0 saturated carbocycles. The van der Waals surface area contributed by atoms with Crippen LogP contribution in [0, 0.1) is 6.92 Å². The minimum Gasteiger partial charge on any atom is -0.324 e. The third kappa shape index (κ3) is 2.24. The monoisotopic (exact) mass is 372 g/mol. The van der Waals surface area contributed by atoms with Crippen molar-refractivity contribution in [3.63, 3.8) is 0 Å². The molecule has 0 N–H and O–H groups in total. The van der Waals surface area contributed by atoms with Gasteiger partial charge in [-0.15, -0.1) is 0 Å². The molecule has 0 saturated heterocycles. The highest BCUT2D eigenvalue weighted by Gasteiger charge is 2.33. The van der Waals surface area contributed by atoms with E-state index in [2.05, 4.69) is 11.1 Å². The lowest BCUT2D eigenvalue weighted by Crippen LogP contribution is -2.36. The number of nitrogens with zero attached hydrogens (tertiary/aromatic N) is 4. The van der Waals surface area contributed by atoms with Crippen LogP contribution >= 0.6 is 0 Å². The number of carbonyl (C=O) groups excluding carboxylic acids is 1. The summed E-state index contributed by atoms with van der Waals surface area (Å²) in [7, 11) is 1.79. The van der Waals surface area contributed by atoms with E-state index < -0.39 is 0 Å². The van der Waals surface area contributed by atoms with Crippen molar-refractivity contribution in [2.45, 2.75) is 26.3 Å². The van der Waals surface area contributed by atoms with E-state index in [-0.39, 0.29) is 17.5 Å². The van der Waals surface area contributed by atoms with Gasteiger partial charge in [-0.25, -0.2) is 4.98 Å². The summed E-state index contributed by atoms with van der Waals surface area (Å²) in [6.45, 7) is 3.98. The summed E-state index contributed by atoms with van der Waals surface area (Å²) in [6.07, 6.45) is 2.60. The third-order valence-electron chi connectivity index (χ3n) is 5.59. The molecule has 0 bridgehead atoms. The number of aromatic nitrogens is 3. The summed E-state index contributed by atoms with van der Waals surface area (Å²) in [6, 6.07) is 13.5. The zero-order chi connectivity index (χ0) is 19.6. The topological polar surface area (TPSA) is 59.6 Å². The molecule has 28 heavy (non-hydrogen) atoms. The number of fused-ring (bicyclic) bond motifs is 3. The Balaban J connectivity index is 1.71. The SMILES string of the molecule is Cc1ccc2nc3c(cc(C(=O)N4c5ccccc5C[C@H]4C)n3C)c(=O)n2c1. The van der Waals surface area contributed by atoms with Gasteiger partial charge in [-0.1, -0.05) is 24.3 Å². The standard InChI is InChI=1S/C22H20N4O2/c1-13-8-9-19-23-20-16(21(27)25(19)12-13)11-18(24(20)3)22(28)26-14(2)10-15-6-4-5-7-17(15)26/h4-9,11-12,14H,10H2,1-3H3/t14-/m1/s1. The van der Waals surface area contributed by atoms with Gasteiger partial charge in [0.2, 0.25) is 0 Å². The molecule has 0 unspecified atom stereocenters. The number of hydrogen-bond acceptors (Lipinski definition) is 3. The minimum atomic E-state index is -0.159. The summed E-state index contributed by atoms with van der Waals surface area (Å²) >= 11 is 0. The minimum absolute atomic E-state index is 0.0682. The number of carbonyl (C=O) groups is 1. The van der Waals surface area contributed by atoms with E-state index in [1.165, 1.54) is 5.56 Å².